The predicted molar refractivity (Wildman–Crippen MR) is 163 cm³/mol. The van der Waals surface area contributed by atoms with Gasteiger partial charge in [0.2, 0.25) is 5.91 Å². The first-order valence-electron chi connectivity index (χ1n) is 13.0. The Bertz CT molecular complexity index is 1530. The second-order valence-electron chi connectivity index (χ2n) is 10.2. The molecule has 6 nitrogen and oxygen atoms in total. The molecule has 1 aliphatic heterocycles. The normalized spacial score (nSPS) is 17.0. The third-order valence-electron chi connectivity index (χ3n) is 7.43. The van der Waals surface area contributed by atoms with Crippen molar-refractivity contribution in [2.24, 2.45) is 5.92 Å². The van der Waals surface area contributed by atoms with Crippen molar-refractivity contribution in [1.29, 1.82) is 0 Å². The Morgan fingerprint density at radius 2 is 1.72 bits per heavy atom. The molecule has 1 amide bonds. The summed E-state index contributed by atoms with van der Waals surface area (Å²) < 4.78 is 2.30. The van der Waals surface area contributed by atoms with Gasteiger partial charge in [-0.25, -0.2) is 0 Å². The van der Waals surface area contributed by atoms with Crippen LogP contribution in [0.3, 0.4) is 0 Å². The van der Waals surface area contributed by atoms with Gasteiger partial charge in [-0.3, -0.25) is 9.78 Å². The molecule has 4 aromatic rings. The summed E-state index contributed by atoms with van der Waals surface area (Å²) in [7, 11) is 0. The third-order valence-corrected chi connectivity index (χ3v) is 8.06. The smallest absolute Gasteiger partial charge is 0.226 e. The zero-order valence-corrected chi connectivity index (χ0v) is 24.3. The van der Waals surface area contributed by atoms with Crippen molar-refractivity contribution < 1.29 is 4.79 Å². The molecule has 39 heavy (non-hydrogen) atoms. The van der Waals surface area contributed by atoms with Crippen molar-refractivity contribution >= 4 is 46.2 Å². The van der Waals surface area contributed by atoms with Gasteiger partial charge in [0.15, 0.2) is 5.11 Å². The quantitative estimate of drug-likeness (QED) is 0.245. The topological polar surface area (TPSA) is 62.2 Å². The standard InChI is InChI=1S/C31H32ClN5OS/c1-18(2)30(38)34-25-15-14-23(17-24(25)32)37-29(28(35-31(37)39)26-13-9-10-16-33-26)27-19(3)20(4)36(21(27)5)22-11-7-6-8-12-22/h6-18,28-29H,1-5H3,(H,34,38)(H,35,39). The highest BCUT2D eigenvalue weighted by molar-refractivity contribution is 7.80. The molecule has 0 saturated carbocycles. The largest absolute Gasteiger partial charge is 0.351 e. The first-order valence-corrected chi connectivity index (χ1v) is 13.8. The van der Waals surface area contributed by atoms with Crippen molar-refractivity contribution in [1.82, 2.24) is 14.9 Å². The van der Waals surface area contributed by atoms with E-state index < -0.39 is 0 Å². The summed E-state index contributed by atoms with van der Waals surface area (Å²) in [6.45, 7) is 10.2. The summed E-state index contributed by atoms with van der Waals surface area (Å²) in [4.78, 5) is 19.1. The minimum atomic E-state index is -0.179. The molecule has 1 saturated heterocycles. The van der Waals surface area contributed by atoms with Crippen LogP contribution in [0.25, 0.3) is 5.69 Å². The van der Waals surface area contributed by atoms with E-state index in [-0.39, 0.29) is 23.9 Å². The van der Waals surface area contributed by atoms with Crippen LogP contribution in [-0.4, -0.2) is 20.6 Å². The fraction of sp³-hybridized carbons (Fsp3) is 0.258. The van der Waals surface area contributed by atoms with Crippen LogP contribution in [0.1, 0.15) is 54.1 Å². The zero-order valence-electron chi connectivity index (χ0n) is 22.7. The minimum absolute atomic E-state index is 0.0833. The van der Waals surface area contributed by atoms with Gasteiger partial charge in [-0.2, -0.15) is 0 Å². The van der Waals surface area contributed by atoms with E-state index in [0.717, 1.165) is 22.8 Å². The van der Waals surface area contributed by atoms with E-state index >= 15 is 0 Å². The molecule has 0 bridgehead atoms. The Kier molecular flexibility index (Phi) is 7.47. The van der Waals surface area contributed by atoms with Gasteiger partial charge in [0.1, 0.15) is 0 Å². The number of hydrogen-bond donors (Lipinski definition) is 2. The number of anilines is 2. The number of nitrogens with one attached hydrogen (secondary N) is 2. The molecule has 1 aliphatic rings. The van der Waals surface area contributed by atoms with Crippen LogP contribution >= 0.6 is 23.8 Å². The second-order valence-corrected chi connectivity index (χ2v) is 11.0. The zero-order chi connectivity index (χ0) is 27.8. The molecule has 1 fully saturated rings. The Morgan fingerprint density at radius 1 is 1.00 bits per heavy atom. The Balaban J connectivity index is 1.65. The Hall–Kier alpha value is -3.68. The van der Waals surface area contributed by atoms with Gasteiger partial charge in [0.05, 0.1) is 28.5 Å². The first-order chi connectivity index (χ1) is 18.7. The molecule has 0 radical (unpaired) electrons. The highest BCUT2D eigenvalue weighted by Crippen LogP contribution is 2.46. The minimum Gasteiger partial charge on any atom is -0.351 e. The van der Waals surface area contributed by atoms with Gasteiger partial charge in [-0.05, 0) is 81.0 Å². The van der Waals surface area contributed by atoms with Gasteiger partial charge < -0.3 is 20.1 Å². The summed E-state index contributed by atoms with van der Waals surface area (Å²) in [6, 6.07) is 21.6. The monoisotopic (exact) mass is 557 g/mol. The average Bonchev–Trinajstić information content (AvgIpc) is 3.37. The SMILES string of the molecule is Cc1c(C2C(c3ccccn3)NC(=S)N2c2ccc(NC(=O)C(C)C)c(Cl)c2)c(C)n(-c2ccccc2)c1C. The van der Waals surface area contributed by atoms with Crippen LogP contribution in [-0.2, 0) is 4.79 Å². The lowest BCUT2D eigenvalue weighted by Crippen LogP contribution is -2.30. The lowest BCUT2D eigenvalue weighted by atomic mass is 9.93. The fourth-order valence-corrected chi connectivity index (χ4v) is 5.93. The molecule has 0 aliphatic carbocycles. The van der Waals surface area contributed by atoms with Crippen molar-refractivity contribution in [2.45, 2.75) is 46.7 Å². The summed E-state index contributed by atoms with van der Waals surface area (Å²) in [5.41, 5.74) is 8.15. The second kappa shape index (κ2) is 10.8. The van der Waals surface area contributed by atoms with Crippen LogP contribution in [0, 0.1) is 26.7 Å². The number of rotatable bonds is 6. The fourth-order valence-electron chi connectivity index (χ4n) is 5.36. The highest BCUT2D eigenvalue weighted by Gasteiger charge is 2.43. The highest BCUT2D eigenvalue weighted by atomic mass is 35.5. The van der Waals surface area contributed by atoms with Crippen LogP contribution < -0.4 is 15.5 Å². The molecule has 3 heterocycles. The third kappa shape index (κ3) is 4.92. The Morgan fingerprint density at radius 3 is 2.36 bits per heavy atom. The van der Waals surface area contributed by atoms with E-state index in [0.29, 0.717) is 15.8 Å². The predicted octanol–water partition coefficient (Wildman–Crippen LogP) is 7.22. The van der Waals surface area contributed by atoms with E-state index in [9.17, 15) is 4.79 Å². The summed E-state index contributed by atoms with van der Waals surface area (Å²) in [5.74, 6) is -0.234. The molecule has 5 rings (SSSR count). The molecule has 200 valence electrons. The molecule has 2 aromatic carbocycles. The van der Waals surface area contributed by atoms with E-state index in [1.807, 2.05) is 62.5 Å². The van der Waals surface area contributed by atoms with Gasteiger partial charge >= 0.3 is 0 Å². The lowest BCUT2D eigenvalue weighted by Gasteiger charge is -2.29. The molecule has 2 atom stereocenters. The van der Waals surface area contributed by atoms with Crippen molar-refractivity contribution in [2.75, 3.05) is 10.2 Å². The number of carbonyl (C=O) groups excluding carboxylic acids is 1. The van der Waals surface area contributed by atoms with Gasteiger partial charge in [-0.1, -0.05) is 49.7 Å². The van der Waals surface area contributed by atoms with Crippen molar-refractivity contribution in [3.05, 3.63) is 106 Å². The molecule has 0 spiro atoms. The molecule has 2 aromatic heterocycles. The number of hydrogen-bond acceptors (Lipinski definition) is 3. The van der Waals surface area contributed by atoms with Crippen LogP contribution in [0.15, 0.2) is 72.9 Å². The number of amides is 1. The average molecular weight is 558 g/mol. The van der Waals surface area contributed by atoms with E-state index in [1.54, 1.807) is 0 Å². The van der Waals surface area contributed by atoms with Gasteiger partial charge in [-0.15, -0.1) is 0 Å². The first kappa shape index (κ1) is 26.9. The van der Waals surface area contributed by atoms with E-state index in [1.165, 1.54) is 16.8 Å². The van der Waals surface area contributed by atoms with Crippen LogP contribution in [0.5, 0.6) is 0 Å². The van der Waals surface area contributed by atoms with Crippen molar-refractivity contribution in [3.8, 4) is 5.69 Å². The summed E-state index contributed by atoms with van der Waals surface area (Å²) >= 11 is 12.6. The number of benzene rings is 2. The van der Waals surface area contributed by atoms with Crippen LogP contribution in [0.4, 0.5) is 11.4 Å². The maximum absolute atomic E-state index is 12.3. The molecule has 2 unspecified atom stereocenters. The summed E-state index contributed by atoms with van der Waals surface area (Å²) in [6.07, 6.45) is 1.81. The summed E-state index contributed by atoms with van der Waals surface area (Å²) in [5, 5.41) is 7.50. The maximum Gasteiger partial charge on any atom is 0.226 e. The van der Waals surface area contributed by atoms with Crippen LogP contribution in [0.2, 0.25) is 5.02 Å². The number of nitrogens with zero attached hydrogens (tertiary/aromatic N) is 3. The number of aromatic nitrogens is 2. The number of para-hydroxylation sites is 1. The van der Waals surface area contributed by atoms with Gasteiger partial charge in [0, 0.05) is 40.4 Å². The number of carbonyl (C=O) groups is 1. The molecular weight excluding hydrogens is 526 g/mol. The Labute approximate surface area is 240 Å². The van der Waals surface area contributed by atoms with E-state index in [2.05, 4.69) is 65.1 Å². The number of halogens is 1. The van der Waals surface area contributed by atoms with E-state index in [4.69, 9.17) is 28.8 Å². The molecule has 2 N–H and O–H groups in total. The maximum atomic E-state index is 12.3. The lowest BCUT2D eigenvalue weighted by molar-refractivity contribution is -0.118. The molecule has 8 heteroatoms. The molecular formula is C31H32ClN5OS. The van der Waals surface area contributed by atoms with Gasteiger partial charge in [0.25, 0.3) is 0 Å². The number of thiocarbonyl (C=S) groups is 1. The number of pyridine rings is 1. The van der Waals surface area contributed by atoms with Crippen molar-refractivity contribution in [3.63, 3.8) is 0 Å².